The Morgan fingerprint density at radius 2 is 1.88 bits per heavy atom. The minimum absolute atomic E-state index is 0.761. The fourth-order valence-corrected chi connectivity index (χ4v) is 1.66. The fraction of sp³-hybridized carbons (Fsp3) is 0.400. The topological polar surface area (TPSA) is 49.9 Å². The van der Waals surface area contributed by atoms with Gasteiger partial charge < -0.3 is 11.1 Å². The van der Waals surface area contributed by atoms with Gasteiger partial charge in [0, 0.05) is 12.1 Å². The molecule has 0 bridgehead atoms. The second-order valence-corrected chi connectivity index (χ2v) is 4.22. The highest BCUT2D eigenvalue weighted by Gasteiger charge is 1.94. The van der Waals surface area contributed by atoms with Crippen LogP contribution in [0.25, 0.3) is 6.08 Å². The molecule has 1 aromatic carbocycles. The summed E-state index contributed by atoms with van der Waals surface area (Å²) in [4.78, 5) is 0. The normalized spacial score (nSPS) is 10.9. The maximum Gasteiger partial charge on any atom is 0.0127 e. The Balaban J connectivity index is 2.17. The van der Waals surface area contributed by atoms with Crippen LogP contribution in [0.4, 0.5) is 0 Å². The number of rotatable bonds is 8. The highest BCUT2D eigenvalue weighted by Crippen LogP contribution is 2.05. The largest absolute Gasteiger partial charge is 0.330 e. The summed E-state index contributed by atoms with van der Waals surface area (Å²) in [5.41, 5.74) is 7.44. The van der Waals surface area contributed by atoms with E-state index in [2.05, 4.69) is 24.3 Å². The van der Waals surface area contributed by atoms with E-state index in [4.69, 9.17) is 11.1 Å². The molecular formula is C15H22N2. The van der Waals surface area contributed by atoms with Crippen LogP contribution in [0.2, 0.25) is 0 Å². The predicted octanol–water partition coefficient (Wildman–Crippen LogP) is 3.63. The fourth-order valence-electron chi connectivity index (χ4n) is 1.66. The number of nitrogens with one attached hydrogen (secondary N) is 1. The van der Waals surface area contributed by atoms with E-state index in [0.717, 1.165) is 44.4 Å². The second-order valence-electron chi connectivity index (χ2n) is 4.22. The Bertz CT molecular complexity index is 341. The molecule has 0 aliphatic carbocycles. The van der Waals surface area contributed by atoms with Crippen LogP contribution in [0.3, 0.4) is 0 Å². The molecule has 0 spiro atoms. The lowest BCUT2D eigenvalue weighted by molar-refractivity contribution is 0.702. The van der Waals surface area contributed by atoms with Gasteiger partial charge in [-0.15, -0.1) is 0 Å². The molecule has 17 heavy (non-hydrogen) atoms. The van der Waals surface area contributed by atoms with Crippen LogP contribution in [0.1, 0.15) is 37.7 Å². The van der Waals surface area contributed by atoms with Crippen LogP contribution >= 0.6 is 0 Å². The summed E-state index contributed by atoms with van der Waals surface area (Å²) in [7, 11) is 0. The molecule has 2 heteroatoms. The van der Waals surface area contributed by atoms with Gasteiger partial charge in [-0.2, -0.15) is 0 Å². The van der Waals surface area contributed by atoms with Crippen molar-refractivity contribution in [3.8, 4) is 0 Å². The molecule has 0 saturated carbocycles. The number of hydrogen-bond donors (Lipinski definition) is 2. The lowest BCUT2D eigenvalue weighted by Crippen LogP contribution is -1.99. The van der Waals surface area contributed by atoms with E-state index in [0.29, 0.717) is 0 Å². The van der Waals surface area contributed by atoms with Crippen molar-refractivity contribution in [2.24, 2.45) is 5.73 Å². The van der Waals surface area contributed by atoms with Gasteiger partial charge in [-0.1, -0.05) is 48.9 Å². The van der Waals surface area contributed by atoms with Crippen LogP contribution in [-0.2, 0) is 0 Å². The standard InChI is InChI=1S/C15H22N2/c16-13-6-2-5-11-15(17)12-7-10-14-8-3-1-4-9-14/h1,3-4,7-10,17H,2,5-6,11-13,16H2. The minimum Gasteiger partial charge on any atom is -0.330 e. The zero-order valence-electron chi connectivity index (χ0n) is 10.4. The predicted molar refractivity (Wildman–Crippen MR) is 75.3 cm³/mol. The van der Waals surface area contributed by atoms with Crippen LogP contribution in [0.15, 0.2) is 36.4 Å². The molecule has 0 fully saturated rings. The smallest absolute Gasteiger partial charge is 0.0127 e. The molecule has 0 radical (unpaired) electrons. The Kier molecular flexibility index (Phi) is 6.99. The highest BCUT2D eigenvalue weighted by atomic mass is 14.5. The van der Waals surface area contributed by atoms with E-state index in [1.165, 1.54) is 5.56 Å². The van der Waals surface area contributed by atoms with E-state index in [1.807, 2.05) is 18.2 Å². The molecule has 0 heterocycles. The average Bonchev–Trinajstić information content (AvgIpc) is 2.36. The average molecular weight is 230 g/mol. The molecular weight excluding hydrogens is 208 g/mol. The van der Waals surface area contributed by atoms with Crippen molar-refractivity contribution in [3.05, 3.63) is 42.0 Å². The van der Waals surface area contributed by atoms with Crippen molar-refractivity contribution in [1.29, 1.82) is 5.41 Å². The monoisotopic (exact) mass is 230 g/mol. The van der Waals surface area contributed by atoms with Crippen LogP contribution in [-0.4, -0.2) is 12.3 Å². The van der Waals surface area contributed by atoms with Crippen LogP contribution in [0, 0.1) is 5.41 Å². The van der Waals surface area contributed by atoms with Crippen molar-refractivity contribution >= 4 is 11.8 Å². The van der Waals surface area contributed by atoms with Gasteiger partial charge in [0.15, 0.2) is 0 Å². The van der Waals surface area contributed by atoms with E-state index < -0.39 is 0 Å². The van der Waals surface area contributed by atoms with Gasteiger partial charge in [0.05, 0.1) is 0 Å². The molecule has 0 aliphatic rings. The molecule has 2 nitrogen and oxygen atoms in total. The number of unbranched alkanes of at least 4 members (excludes halogenated alkanes) is 2. The number of benzene rings is 1. The van der Waals surface area contributed by atoms with Crippen molar-refractivity contribution in [3.63, 3.8) is 0 Å². The molecule has 3 N–H and O–H groups in total. The van der Waals surface area contributed by atoms with Crippen molar-refractivity contribution < 1.29 is 0 Å². The summed E-state index contributed by atoms with van der Waals surface area (Å²) in [5, 5.41) is 7.81. The number of hydrogen-bond acceptors (Lipinski definition) is 2. The molecule has 0 saturated heterocycles. The van der Waals surface area contributed by atoms with E-state index in [9.17, 15) is 0 Å². The molecule has 0 aliphatic heterocycles. The molecule has 0 amide bonds. The Hall–Kier alpha value is -1.41. The molecule has 0 atom stereocenters. The maximum atomic E-state index is 7.81. The zero-order chi connectivity index (χ0) is 12.3. The maximum absolute atomic E-state index is 7.81. The SMILES string of the molecule is N=C(CC=Cc1ccccc1)CCCCCN. The quantitative estimate of drug-likeness (QED) is 0.520. The molecule has 0 unspecified atom stereocenters. The van der Waals surface area contributed by atoms with Gasteiger partial charge in [0.25, 0.3) is 0 Å². The first-order valence-electron chi connectivity index (χ1n) is 6.31. The van der Waals surface area contributed by atoms with Gasteiger partial charge in [0.2, 0.25) is 0 Å². The molecule has 1 rings (SSSR count). The first kappa shape index (κ1) is 13.7. The summed E-state index contributed by atoms with van der Waals surface area (Å²) in [5.74, 6) is 0. The Morgan fingerprint density at radius 1 is 1.12 bits per heavy atom. The molecule has 0 aromatic heterocycles. The second kappa shape index (κ2) is 8.71. The Labute approximate surface area is 104 Å². The third kappa shape index (κ3) is 6.69. The lowest BCUT2D eigenvalue weighted by Gasteiger charge is -2.00. The first-order chi connectivity index (χ1) is 8.33. The van der Waals surface area contributed by atoms with Crippen molar-refractivity contribution in [1.82, 2.24) is 0 Å². The van der Waals surface area contributed by atoms with Crippen LogP contribution < -0.4 is 5.73 Å². The highest BCUT2D eigenvalue weighted by molar-refractivity contribution is 5.83. The zero-order valence-corrected chi connectivity index (χ0v) is 10.4. The third-order valence-electron chi connectivity index (χ3n) is 2.66. The lowest BCUT2D eigenvalue weighted by atomic mass is 10.1. The number of nitrogens with two attached hydrogens (primary N) is 1. The van der Waals surface area contributed by atoms with Crippen LogP contribution in [0.5, 0.6) is 0 Å². The number of allylic oxidation sites excluding steroid dienone is 1. The summed E-state index contributed by atoms with van der Waals surface area (Å²) < 4.78 is 0. The Morgan fingerprint density at radius 3 is 2.59 bits per heavy atom. The minimum atomic E-state index is 0.761. The summed E-state index contributed by atoms with van der Waals surface area (Å²) in [6, 6.07) is 10.2. The summed E-state index contributed by atoms with van der Waals surface area (Å²) in [6.45, 7) is 0.765. The first-order valence-corrected chi connectivity index (χ1v) is 6.31. The summed E-state index contributed by atoms with van der Waals surface area (Å²) in [6.07, 6.45) is 9.12. The van der Waals surface area contributed by atoms with Gasteiger partial charge in [0.1, 0.15) is 0 Å². The van der Waals surface area contributed by atoms with E-state index in [-0.39, 0.29) is 0 Å². The third-order valence-corrected chi connectivity index (χ3v) is 2.66. The van der Waals surface area contributed by atoms with Gasteiger partial charge in [-0.05, 0) is 31.4 Å². The molecule has 92 valence electrons. The van der Waals surface area contributed by atoms with Crippen molar-refractivity contribution in [2.75, 3.05) is 6.54 Å². The summed E-state index contributed by atoms with van der Waals surface area (Å²) >= 11 is 0. The van der Waals surface area contributed by atoms with Gasteiger partial charge >= 0.3 is 0 Å². The van der Waals surface area contributed by atoms with Gasteiger partial charge in [-0.3, -0.25) is 0 Å². The van der Waals surface area contributed by atoms with Crippen molar-refractivity contribution in [2.45, 2.75) is 32.1 Å². The van der Waals surface area contributed by atoms with E-state index in [1.54, 1.807) is 0 Å². The van der Waals surface area contributed by atoms with Gasteiger partial charge in [-0.25, -0.2) is 0 Å². The van der Waals surface area contributed by atoms with E-state index >= 15 is 0 Å². The molecule has 1 aromatic rings.